The molecule has 2 aromatic carbocycles. The summed E-state index contributed by atoms with van der Waals surface area (Å²) in [5, 5.41) is 1.46. The summed E-state index contributed by atoms with van der Waals surface area (Å²) < 4.78 is 27.2. The van der Waals surface area contributed by atoms with E-state index in [1.165, 1.54) is 0 Å². The Morgan fingerprint density at radius 2 is 1.19 bits per heavy atom. The topological polar surface area (TPSA) is 83.2 Å². The van der Waals surface area contributed by atoms with E-state index in [0.717, 1.165) is 16.8 Å². The molecule has 0 amide bonds. The Morgan fingerprint density at radius 3 is 1.47 bits per heavy atom. The Kier molecular flexibility index (Phi) is 13.8. The molecular weight excluding hydrogens is 532 g/mol. The molecule has 2 aromatic rings. The van der Waals surface area contributed by atoms with Crippen LogP contribution in [0.15, 0.2) is 48.5 Å². The smallest absolute Gasteiger partial charge is 0.748 e. The van der Waals surface area contributed by atoms with Crippen molar-refractivity contribution in [1.29, 1.82) is 0 Å². The van der Waals surface area contributed by atoms with Gasteiger partial charge in [-0.2, -0.15) is 0 Å². The second-order valence-corrected chi connectivity index (χ2v) is 17.4. The van der Waals surface area contributed by atoms with Crippen molar-refractivity contribution in [1.82, 2.24) is 0 Å². The molecule has 0 aromatic heterocycles. The van der Waals surface area contributed by atoms with E-state index >= 15 is 0 Å². The first kappa shape index (κ1) is 33.4. The number of nitrogen functional groups attached to an aromatic ring is 1. The molecule has 0 aliphatic carbocycles. The van der Waals surface area contributed by atoms with Crippen molar-refractivity contribution in [2.24, 2.45) is 0 Å². The first-order chi connectivity index (χ1) is 13.7. The van der Waals surface area contributed by atoms with Crippen LogP contribution in [0.4, 0.5) is 5.69 Å². The van der Waals surface area contributed by atoms with Crippen molar-refractivity contribution in [2.45, 2.75) is 77.8 Å². The number of anilines is 1. The Morgan fingerprint density at radius 1 is 0.812 bits per heavy atom. The van der Waals surface area contributed by atoms with E-state index in [4.69, 9.17) is 18.7 Å². The van der Waals surface area contributed by atoms with Gasteiger partial charge in [-0.25, -0.2) is 8.42 Å². The van der Waals surface area contributed by atoms with Crippen LogP contribution in [0.5, 0.6) is 0 Å². The molecule has 0 saturated heterocycles. The van der Waals surface area contributed by atoms with Gasteiger partial charge in [-0.1, -0.05) is 23.8 Å². The maximum atomic E-state index is 9.08. The molecule has 0 radical (unpaired) electrons. The van der Waals surface area contributed by atoms with E-state index in [2.05, 4.69) is 68.4 Å². The van der Waals surface area contributed by atoms with Crippen LogP contribution in [0.1, 0.15) is 62.3 Å². The monoisotopic (exact) mass is 572 g/mol. The van der Waals surface area contributed by atoms with Gasteiger partial charge >= 0.3 is 20.4 Å². The van der Waals surface area contributed by atoms with Crippen LogP contribution in [-0.2, 0) is 30.5 Å². The van der Waals surface area contributed by atoms with Gasteiger partial charge in [0.1, 0.15) is 0 Å². The second kappa shape index (κ2) is 13.2. The number of rotatable bonds is 1. The van der Waals surface area contributed by atoms with Gasteiger partial charge in [-0.05, 0) is 74.1 Å². The summed E-state index contributed by atoms with van der Waals surface area (Å²) in [5.74, 6) is 0. The molecule has 0 bridgehead atoms. The summed E-state index contributed by atoms with van der Waals surface area (Å²) in [6.07, 6.45) is 0.604. The quantitative estimate of drug-likeness (QED) is 0.139. The van der Waals surface area contributed by atoms with E-state index in [1.807, 2.05) is 48.5 Å². The minimum atomic E-state index is -3.92. The summed E-state index contributed by atoms with van der Waals surface area (Å²) in [7, 11) is -4.31. The van der Waals surface area contributed by atoms with Gasteiger partial charge in [-0.15, -0.1) is 35.9 Å². The molecular formula is C25H41NO3PPdS+. The Hall–Kier alpha value is -0.758. The van der Waals surface area contributed by atoms with Crippen molar-refractivity contribution in [3.63, 3.8) is 0 Å². The van der Waals surface area contributed by atoms with Crippen LogP contribution in [0, 0.1) is 6.07 Å². The third kappa shape index (κ3) is 14.4. The summed E-state index contributed by atoms with van der Waals surface area (Å²) in [6.45, 7) is 21.6. The molecule has 0 spiro atoms. The van der Waals surface area contributed by atoms with Crippen molar-refractivity contribution in [3.8, 4) is 11.1 Å². The van der Waals surface area contributed by atoms with Gasteiger partial charge in [0.2, 0.25) is 0 Å². The number of para-hydroxylation sites is 1. The van der Waals surface area contributed by atoms with Gasteiger partial charge in [0, 0.05) is 14.2 Å². The summed E-state index contributed by atoms with van der Waals surface area (Å²) in [6, 6.07) is 18.8. The molecule has 0 aliphatic rings. The van der Waals surface area contributed by atoms with Crippen LogP contribution in [0.3, 0.4) is 0 Å². The predicted molar refractivity (Wildman–Crippen MR) is 138 cm³/mol. The zero-order chi connectivity index (χ0) is 24.7. The molecule has 0 heterocycles. The molecule has 0 saturated carbocycles. The van der Waals surface area contributed by atoms with E-state index in [-0.39, 0.29) is 20.4 Å². The number of nitrogens with two attached hydrogens (primary N) is 1. The first-order valence-electron chi connectivity index (χ1n) is 10.4. The third-order valence-electron chi connectivity index (χ3n) is 4.21. The largest absolute Gasteiger partial charge is 2.00 e. The summed E-state index contributed by atoms with van der Waals surface area (Å²) in [4.78, 5) is 0. The van der Waals surface area contributed by atoms with Crippen molar-refractivity contribution >= 4 is 23.7 Å². The Labute approximate surface area is 211 Å². The average molecular weight is 573 g/mol. The van der Waals surface area contributed by atoms with Crippen molar-refractivity contribution in [3.05, 3.63) is 54.6 Å². The van der Waals surface area contributed by atoms with E-state index < -0.39 is 18.0 Å². The molecule has 32 heavy (non-hydrogen) atoms. The molecule has 7 heteroatoms. The van der Waals surface area contributed by atoms with E-state index in [9.17, 15) is 0 Å². The molecule has 4 nitrogen and oxygen atoms in total. The molecule has 0 unspecified atom stereocenters. The minimum absolute atomic E-state index is 0. The van der Waals surface area contributed by atoms with Gasteiger partial charge < -0.3 is 10.3 Å². The van der Waals surface area contributed by atoms with E-state index in [0.29, 0.717) is 21.7 Å². The molecule has 2 N–H and O–H groups in total. The van der Waals surface area contributed by atoms with Gasteiger partial charge in [0.05, 0.1) is 25.6 Å². The zero-order valence-corrected chi connectivity index (χ0v) is 24.5. The van der Waals surface area contributed by atoms with Crippen LogP contribution in [0.2, 0.25) is 0 Å². The number of hydrogen-bond acceptors (Lipinski definition) is 4. The van der Waals surface area contributed by atoms with Crippen molar-refractivity contribution in [2.75, 3.05) is 12.0 Å². The van der Waals surface area contributed by atoms with Gasteiger partial charge in [-0.3, -0.25) is 0 Å². The van der Waals surface area contributed by atoms with Crippen LogP contribution in [0.25, 0.3) is 11.1 Å². The number of hydrogen-bond donors (Lipinski definition) is 1. The number of benzene rings is 2. The third-order valence-corrected chi connectivity index (χ3v) is 8.71. The van der Waals surface area contributed by atoms with E-state index in [1.54, 1.807) is 0 Å². The molecule has 184 valence electrons. The molecule has 0 aliphatic heterocycles. The average Bonchev–Trinajstić information content (AvgIpc) is 2.50. The molecule has 2 rings (SSSR count). The normalized spacial score (nSPS) is 12.0. The van der Waals surface area contributed by atoms with Crippen LogP contribution in [-0.4, -0.2) is 34.7 Å². The standard InChI is InChI=1S/C12H10N.C12H27P.CH4O3S.Pd/c13-12-9-5-4-8-11(12)10-6-2-1-3-7-10;1-10(2,3)13(11(4,5)6)12(7,8)9;1-5(2,3)4;/h1-6,8-9H,13H2;1-9H3;1H3,(H,2,3,4);/q-1;;;+2. The molecule has 0 atom stereocenters. The van der Waals surface area contributed by atoms with Crippen LogP contribution < -0.4 is 5.73 Å². The Bertz CT molecular complexity index is 856. The zero-order valence-electron chi connectivity index (χ0n) is 21.1. The SMILES string of the molecule is CC(C)(C)[PH+](C(C)(C)C)C(C)(C)C.CS(=O)(=O)[O-].Nc1ccccc1-c1[c-]cccc1.[Pd+2]. The minimum Gasteiger partial charge on any atom is -0.748 e. The van der Waals surface area contributed by atoms with Gasteiger partial charge in [0.25, 0.3) is 0 Å². The maximum Gasteiger partial charge on any atom is 2.00 e. The first-order valence-corrected chi connectivity index (χ1v) is 13.7. The van der Waals surface area contributed by atoms with Crippen LogP contribution >= 0.6 is 7.92 Å². The fourth-order valence-electron chi connectivity index (χ4n) is 4.68. The molecule has 0 fully saturated rings. The Balaban J connectivity index is 0. The van der Waals surface area contributed by atoms with Crippen molar-refractivity contribution < 1.29 is 33.4 Å². The fourth-order valence-corrected chi connectivity index (χ4v) is 11.4. The predicted octanol–water partition coefficient (Wildman–Crippen LogP) is 6.49. The van der Waals surface area contributed by atoms with Gasteiger partial charge in [0.15, 0.2) is 0 Å². The summed E-state index contributed by atoms with van der Waals surface area (Å²) >= 11 is 0. The fraction of sp³-hybridized carbons (Fsp3) is 0.520. The maximum absolute atomic E-state index is 9.08. The second-order valence-electron chi connectivity index (χ2n) is 10.7. The summed E-state index contributed by atoms with van der Waals surface area (Å²) in [5.41, 5.74) is 8.72.